The molecule has 0 aromatic carbocycles. The second kappa shape index (κ2) is 6.95. The lowest BCUT2D eigenvalue weighted by Crippen LogP contribution is -2.52. The number of carbonyl (C=O) groups is 2. The Morgan fingerprint density at radius 3 is 2.79 bits per heavy atom. The minimum atomic E-state index is -0.935. The molecule has 1 atom stereocenters. The van der Waals surface area contributed by atoms with Crippen molar-refractivity contribution >= 4 is 12.0 Å². The van der Waals surface area contributed by atoms with Gasteiger partial charge in [0, 0.05) is 19.1 Å². The summed E-state index contributed by atoms with van der Waals surface area (Å²) in [4.78, 5) is 26.0. The number of amides is 2. The molecule has 0 saturated carbocycles. The lowest BCUT2D eigenvalue weighted by atomic mass is 10.2. The van der Waals surface area contributed by atoms with Crippen LogP contribution < -0.4 is 0 Å². The standard InChI is InChI=1S/C12H19N3O4/c1-9(2)15(4-3-11(16)17)12(18)14-5-6-19-10(7-13)8-14/h9-10H,3-6,8H2,1-2H3,(H,16,17). The van der Waals surface area contributed by atoms with Crippen LogP contribution in [0.3, 0.4) is 0 Å². The van der Waals surface area contributed by atoms with Crippen molar-refractivity contribution in [3.63, 3.8) is 0 Å². The van der Waals surface area contributed by atoms with Gasteiger partial charge in [-0.3, -0.25) is 4.79 Å². The first-order chi connectivity index (χ1) is 8.95. The Bertz CT molecular complexity index is 378. The van der Waals surface area contributed by atoms with Crippen LogP contribution in [-0.4, -0.2) is 65.3 Å². The van der Waals surface area contributed by atoms with Gasteiger partial charge in [0.15, 0.2) is 6.10 Å². The van der Waals surface area contributed by atoms with E-state index < -0.39 is 12.1 Å². The van der Waals surface area contributed by atoms with E-state index in [-0.39, 0.29) is 31.6 Å². The summed E-state index contributed by atoms with van der Waals surface area (Å²) in [5, 5.41) is 17.5. The molecule has 106 valence electrons. The number of rotatable bonds is 4. The van der Waals surface area contributed by atoms with Gasteiger partial charge in [-0.05, 0) is 13.8 Å². The van der Waals surface area contributed by atoms with Crippen LogP contribution in [0.5, 0.6) is 0 Å². The second-order valence-electron chi connectivity index (χ2n) is 4.65. The molecule has 0 spiro atoms. The van der Waals surface area contributed by atoms with Crippen LogP contribution >= 0.6 is 0 Å². The largest absolute Gasteiger partial charge is 0.481 e. The SMILES string of the molecule is CC(C)N(CCC(=O)O)C(=O)N1CCOC(C#N)C1. The molecule has 7 nitrogen and oxygen atoms in total. The molecule has 0 aliphatic carbocycles. The molecule has 0 aromatic rings. The summed E-state index contributed by atoms with van der Waals surface area (Å²) in [6.07, 6.45) is -0.693. The normalized spacial score (nSPS) is 19.1. The zero-order chi connectivity index (χ0) is 14.4. The Hall–Kier alpha value is -1.81. The van der Waals surface area contributed by atoms with E-state index in [1.807, 2.05) is 19.9 Å². The third-order valence-electron chi connectivity index (χ3n) is 2.92. The lowest BCUT2D eigenvalue weighted by molar-refractivity contribution is -0.137. The quantitative estimate of drug-likeness (QED) is 0.802. The highest BCUT2D eigenvalue weighted by Gasteiger charge is 2.28. The third-order valence-corrected chi connectivity index (χ3v) is 2.92. The van der Waals surface area contributed by atoms with E-state index in [1.165, 1.54) is 4.90 Å². The Labute approximate surface area is 112 Å². The smallest absolute Gasteiger partial charge is 0.320 e. The monoisotopic (exact) mass is 269 g/mol. The Morgan fingerprint density at radius 2 is 2.26 bits per heavy atom. The molecule has 2 amide bonds. The molecular weight excluding hydrogens is 250 g/mol. The molecule has 1 aliphatic heterocycles. The highest BCUT2D eigenvalue weighted by Crippen LogP contribution is 2.11. The van der Waals surface area contributed by atoms with Crippen molar-refractivity contribution in [3.05, 3.63) is 0 Å². The first-order valence-electron chi connectivity index (χ1n) is 6.24. The minimum Gasteiger partial charge on any atom is -0.481 e. The maximum Gasteiger partial charge on any atom is 0.320 e. The number of carboxylic acid groups (broad SMARTS) is 1. The highest BCUT2D eigenvalue weighted by atomic mass is 16.5. The van der Waals surface area contributed by atoms with E-state index in [1.54, 1.807) is 4.90 Å². The van der Waals surface area contributed by atoms with E-state index in [4.69, 9.17) is 15.1 Å². The highest BCUT2D eigenvalue weighted by molar-refractivity contribution is 5.76. The van der Waals surface area contributed by atoms with Gasteiger partial charge in [0.2, 0.25) is 0 Å². The van der Waals surface area contributed by atoms with E-state index >= 15 is 0 Å². The number of hydrogen-bond acceptors (Lipinski definition) is 4. The van der Waals surface area contributed by atoms with Crippen molar-refractivity contribution in [2.45, 2.75) is 32.4 Å². The number of ether oxygens (including phenoxy) is 1. The van der Waals surface area contributed by atoms with Crippen LogP contribution in [0.1, 0.15) is 20.3 Å². The molecule has 1 saturated heterocycles. The van der Waals surface area contributed by atoms with Crippen LogP contribution in [0.25, 0.3) is 0 Å². The third kappa shape index (κ3) is 4.41. The second-order valence-corrected chi connectivity index (χ2v) is 4.65. The van der Waals surface area contributed by atoms with Crippen LogP contribution in [0, 0.1) is 11.3 Å². The van der Waals surface area contributed by atoms with Crippen molar-refractivity contribution in [1.29, 1.82) is 5.26 Å². The number of urea groups is 1. The van der Waals surface area contributed by atoms with Gasteiger partial charge < -0.3 is 19.6 Å². The summed E-state index contributed by atoms with van der Waals surface area (Å²) in [5.41, 5.74) is 0. The Balaban J connectivity index is 2.65. The van der Waals surface area contributed by atoms with Gasteiger partial charge in [-0.25, -0.2) is 4.79 Å². The number of morpholine rings is 1. The van der Waals surface area contributed by atoms with Gasteiger partial charge in [0.05, 0.1) is 25.6 Å². The molecule has 0 bridgehead atoms. The van der Waals surface area contributed by atoms with Crippen LogP contribution in [-0.2, 0) is 9.53 Å². The van der Waals surface area contributed by atoms with Crippen molar-refractivity contribution in [1.82, 2.24) is 9.80 Å². The maximum absolute atomic E-state index is 12.3. The van der Waals surface area contributed by atoms with E-state index in [2.05, 4.69) is 0 Å². The summed E-state index contributed by atoms with van der Waals surface area (Å²) in [6.45, 7) is 4.82. The molecule has 1 rings (SSSR count). The molecule has 1 N–H and O–H groups in total. The van der Waals surface area contributed by atoms with Crippen LogP contribution in [0.2, 0.25) is 0 Å². The van der Waals surface area contributed by atoms with Crippen molar-refractivity contribution in [2.24, 2.45) is 0 Å². The molecule has 0 aromatic heterocycles. The van der Waals surface area contributed by atoms with E-state index in [0.717, 1.165) is 0 Å². The summed E-state index contributed by atoms with van der Waals surface area (Å²) in [5.74, 6) is -0.935. The van der Waals surface area contributed by atoms with Crippen LogP contribution in [0.4, 0.5) is 4.79 Å². The molecule has 19 heavy (non-hydrogen) atoms. The topological polar surface area (TPSA) is 93.9 Å². The molecule has 7 heteroatoms. The zero-order valence-corrected chi connectivity index (χ0v) is 11.2. The first-order valence-corrected chi connectivity index (χ1v) is 6.24. The van der Waals surface area contributed by atoms with Gasteiger partial charge in [-0.2, -0.15) is 5.26 Å². The van der Waals surface area contributed by atoms with Crippen LogP contribution in [0.15, 0.2) is 0 Å². The van der Waals surface area contributed by atoms with E-state index in [9.17, 15) is 9.59 Å². The van der Waals surface area contributed by atoms with Crippen molar-refractivity contribution in [3.8, 4) is 6.07 Å². The fraction of sp³-hybridized carbons (Fsp3) is 0.750. The molecule has 0 radical (unpaired) electrons. The summed E-state index contributed by atoms with van der Waals surface area (Å²) < 4.78 is 5.18. The van der Waals surface area contributed by atoms with Crippen molar-refractivity contribution in [2.75, 3.05) is 26.2 Å². The lowest BCUT2D eigenvalue weighted by Gasteiger charge is -2.36. The molecule has 1 unspecified atom stereocenters. The molecular formula is C12H19N3O4. The number of nitriles is 1. The number of carboxylic acids is 1. The van der Waals surface area contributed by atoms with Gasteiger partial charge in [0.1, 0.15) is 0 Å². The predicted molar refractivity (Wildman–Crippen MR) is 66.4 cm³/mol. The first kappa shape index (κ1) is 15.2. The van der Waals surface area contributed by atoms with Gasteiger partial charge >= 0.3 is 12.0 Å². The van der Waals surface area contributed by atoms with Gasteiger partial charge in [-0.15, -0.1) is 0 Å². The number of nitrogens with zero attached hydrogens (tertiary/aromatic N) is 3. The van der Waals surface area contributed by atoms with Gasteiger partial charge in [-0.1, -0.05) is 0 Å². The maximum atomic E-state index is 12.3. The average molecular weight is 269 g/mol. The zero-order valence-electron chi connectivity index (χ0n) is 11.2. The fourth-order valence-electron chi connectivity index (χ4n) is 1.87. The number of hydrogen-bond donors (Lipinski definition) is 1. The molecule has 1 aliphatic rings. The summed E-state index contributed by atoms with van der Waals surface area (Å²) >= 11 is 0. The summed E-state index contributed by atoms with van der Waals surface area (Å²) in [6, 6.07) is 1.65. The Morgan fingerprint density at radius 1 is 1.58 bits per heavy atom. The predicted octanol–water partition coefficient (Wildman–Crippen LogP) is 0.516. The fourth-order valence-corrected chi connectivity index (χ4v) is 1.87. The van der Waals surface area contributed by atoms with Crippen molar-refractivity contribution < 1.29 is 19.4 Å². The Kier molecular flexibility index (Phi) is 5.57. The summed E-state index contributed by atoms with van der Waals surface area (Å²) in [7, 11) is 0. The molecule has 1 heterocycles. The van der Waals surface area contributed by atoms with Gasteiger partial charge in [0.25, 0.3) is 0 Å². The number of carbonyl (C=O) groups excluding carboxylic acids is 1. The average Bonchev–Trinajstić information content (AvgIpc) is 2.38. The molecule has 1 fully saturated rings. The number of aliphatic carboxylic acids is 1. The van der Waals surface area contributed by atoms with E-state index in [0.29, 0.717) is 13.2 Å². The minimum absolute atomic E-state index is 0.0874.